The zero-order chi connectivity index (χ0) is 19.6. The first kappa shape index (κ1) is 20.4. The van der Waals surface area contributed by atoms with Gasteiger partial charge in [-0.15, -0.1) is 11.8 Å². The van der Waals surface area contributed by atoms with Crippen LogP contribution in [-0.4, -0.2) is 39.0 Å². The van der Waals surface area contributed by atoms with Gasteiger partial charge in [0.1, 0.15) is 11.5 Å². The molecule has 0 aliphatic heterocycles. The molecule has 0 aromatic heterocycles. The molecule has 27 heavy (non-hydrogen) atoms. The number of thioether (sulfide) groups is 1. The molecule has 0 heterocycles. The average molecular weight is 387 g/mol. The quantitative estimate of drug-likeness (QED) is 0.424. The normalized spacial score (nSPS) is 10.5. The standard InChI is InChI=1S/C20H21NO5S/c1-24-16-8-9-18(25-2)14(11-16)7-10-20(23)26-13-19(22)21-15-5-4-6-17(12-15)27-3/h4-12H,13H2,1-3H3,(H,21,22)/b10-7+. The summed E-state index contributed by atoms with van der Waals surface area (Å²) < 4.78 is 15.4. The van der Waals surface area contributed by atoms with E-state index < -0.39 is 11.9 Å². The Morgan fingerprint density at radius 1 is 1.11 bits per heavy atom. The lowest BCUT2D eigenvalue weighted by molar-refractivity contribution is -0.142. The molecule has 1 amide bonds. The van der Waals surface area contributed by atoms with Crippen molar-refractivity contribution in [3.63, 3.8) is 0 Å². The summed E-state index contributed by atoms with van der Waals surface area (Å²) in [6.07, 6.45) is 4.73. The van der Waals surface area contributed by atoms with E-state index in [1.807, 2.05) is 24.5 Å². The zero-order valence-corrected chi connectivity index (χ0v) is 16.2. The fourth-order valence-electron chi connectivity index (χ4n) is 2.21. The first-order valence-corrected chi connectivity index (χ1v) is 9.29. The maximum Gasteiger partial charge on any atom is 0.331 e. The predicted molar refractivity (Wildman–Crippen MR) is 106 cm³/mol. The lowest BCUT2D eigenvalue weighted by atomic mass is 10.1. The molecule has 0 radical (unpaired) electrons. The van der Waals surface area contributed by atoms with Gasteiger partial charge in [-0.2, -0.15) is 0 Å². The van der Waals surface area contributed by atoms with Crippen molar-refractivity contribution in [3.8, 4) is 11.5 Å². The van der Waals surface area contributed by atoms with Crippen LogP contribution in [0.15, 0.2) is 53.4 Å². The second kappa shape index (κ2) is 10.3. The van der Waals surface area contributed by atoms with Crippen LogP contribution in [-0.2, 0) is 14.3 Å². The molecular weight excluding hydrogens is 366 g/mol. The summed E-state index contributed by atoms with van der Waals surface area (Å²) in [6.45, 7) is -0.373. The molecule has 0 atom stereocenters. The Morgan fingerprint density at radius 3 is 2.63 bits per heavy atom. The maximum absolute atomic E-state index is 11.9. The molecule has 2 aromatic carbocycles. The highest BCUT2D eigenvalue weighted by Crippen LogP contribution is 2.25. The van der Waals surface area contributed by atoms with Crippen molar-refractivity contribution in [2.75, 3.05) is 32.4 Å². The number of carbonyl (C=O) groups is 2. The highest BCUT2D eigenvalue weighted by molar-refractivity contribution is 7.98. The number of amides is 1. The Kier molecular flexibility index (Phi) is 7.76. The molecule has 0 unspecified atom stereocenters. The van der Waals surface area contributed by atoms with Gasteiger partial charge >= 0.3 is 5.97 Å². The smallest absolute Gasteiger partial charge is 0.331 e. The summed E-state index contributed by atoms with van der Waals surface area (Å²) in [7, 11) is 3.09. The molecule has 0 aliphatic carbocycles. The van der Waals surface area contributed by atoms with E-state index >= 15 is 0 Å². The molecule has 0 fully saturated rings. The van der Waals surface area contributed by atoms with Gasteiger partial charge < -0.3 is 19.5 Å². The van der Waals surface area contributed by atoms with Gasteiger partial charge in [0.15, 0.2) is 6.61 Å². The number of nitrogens with one attached hydrogen (secondary N) is 1. The Hall–Kier alpha value is -2.93. The van der Waals surface area contributed by atoms with E-state index in [4.69, 9.17) is 14.2 Å². The number of esters is 1. The monoisotopic (exact) mass is 387 g/mol. The van der Waals surface area contributed by atoms with E-state index in [1.54, 1.807) is 49.2 Å². The summed E-state index contributed by atoms with van der Waals surface area (Å²) in [4.78, 5) is 24.8. The Labute approximate surface area is 162 Å². The molecule has 0 spiro atoms. The molecular formula is C20H21NO5S. The number of anilines is 1. The highest BCUT2D eigenvalue weighted by atomic mass is 32.2. The first-order valence-electron chi connectivity index (χ1n) is 8.06. The van der Waals surface area contributed by atoms with Gasteiger partial charge in [-0.1, -0.05) is 6.07 Å². The molecule has 1 N–H and O–H groups in total. The molecule has 6 nitrogen and oxygen atoms in total. The van der Waals surface area contributed by atoms with Gasteiger partial charge in [-0.05, 0) is 48.7 Å². The van der Waals surface area contributed by atoms with E-state index in [0.29, 0.717) is 22.7 Å². The molecule has 0 saturated carbocycles. The number of carbonyl (C=O) groups excluding carboxylic acids is 2. The van der Waals surface area contributed by atoms with E-state index in [2.05, 4.69) is 5.32 Å². The van der Waals surface area contributed by atoms with Crippen molar-refractivity contribution < 1.29 is 23.8 Å². The van der Waals surface area contributed by atoms with Crippen molar-refractivity contribution in [3.05, 3.63) is 54.1 Å². The molecule has 0 aliphatic rings. The van der Waals surface area contributed by atoms with Gasteiger partial charge in [-0.3, -0.25) is 4.79 Å². The Bertz CT molecular complexity index is 835. The van der Waals surface area contributed by atoms with Crippen LogP contribution in [0.3, 0.4) is 0 Å². The summed E-state index contributed by atoms with van der Waals surface area (Å²) in [5, 5.41) is 2.69. The fraction of sp³-hybridized carbons (Fsp3) is 0.200. The van der Waals surface area contributed by atoms with Gasteiger partial charge in [0.25, 0.3) is 5.91 Å². The number of rotatable bonds is 8. The van der Waals surface area contributed by atoms with Gasteiger partial charge in [-0.25, -0.2) is 4.79 Å². The van der Waals surface area contributed by atoms with Crippen molar-refractivity contribution >= 4 is 35.4 Å². The largest absolute Gasteiger partial charge is 0.497 e. The SMILES string of the molecule is COc1ccc(OC)c(/C=C/C(=O)OCC(=O)Nc2cccc(SC)c2)c1. The Morgan fingerprint density at radius 2 is 1.93 bits per heavy atom. The van der Waals surface area contributed by atoms with Gasteiger partial charge in [0, 0.05) is 22.2 Å². The summed E-state index contributed by atoms with van der Waals surface area (Å²) in [5.74, 6) is 0.184. The van der Waals surface area contributed by atoms with Crippen LogP contribution >= 0.6 is 11.8 Å². The number of benzene rings is 2. The van der Waals surface area contributed by atoms with Crippen LogP contribution in [0.2, 0.25) is 0 Å². The van der Waals surface area contributed by atoms with Crippen LogP contribution in [0.1, 0.15) is 5.56 Å². The summed E-state index contributed by atoms with van der Waals surface area (Å²) >= 11 is 1.57. The van der Waals surface area contributed by atoms with Crippen molar-refractivity contribution in [1.29, 1.82) is 0 Å². The van der Waals surface area contributed by atoms with E-state index in [0.717, 1.165) is 4.90 Å². The van der Waals surface area contributed by atoms with Crippen LogP contribution in [0.25, 0.3) is 6.08 Å². The molecule has 2 rings (SSSR count). The highest BCUT2D eigenvalue weighted by Gasteiger charge is 2.07. The predicted octanol–water partition coefficient (Wildman–Crippen LogP) is 3.62. The van der Waals surface area contributed by atoms with Crippen LogP contribution in [0.5, 0.6) is 11.5 Å². The molecule has 0 bridgehead atoms. The van der Waals surface area contributed by atoms with Crippen molar-refractivity contribution in [1.82, 2.24) is 0 Å². The van der Waals surface area contributed by atoms with Gasteiger partial charge in [0.2, 0.25) is 0 Å². The Balaban J connectivity index is 1.90. The molecule has 7 heteroatoms. The minimum Gasteiger partial charge on any atom is -0.497 e. The summed E-state index contributed by atoms with van der Waals surface area (Å²) in [5.41, 5.74) is 1.31. The van der Waals surface area contributed by atoms with E-state index in [-0.39, 0.29) is 6.61 Å². The third-order valence-corrected chi connectivity index (χ3v) is 4.26. The molecule has 142 valence electrons. The number of methoxy groups -OCH3 is 2. The number of hydrogen-bond donors (Lipinski definition) is 1. The average Bonchev–Trinajstić information content (AvgIpc) is 2.70. The van der Waals surface area contributed by atoms with Crippen molar-refractivity contribution in [2.45, 2.75) is 4.90 Å². The maximum atomic E-state index is 11.9. The number of ether oxygens (including phenoxy) is 3. The van der Waals surface area contributed by atoms with Crippen LogP contribution in [0.4, 0.5) is 5.69 Å². The van der Waals surface area contributed by atoms with Crippen molar-refractivity contribution in [2.24, 2.45) is 0 Å². The van der Waals surface area contributed by atoms with Gasteiger partial charge in [0.05, 0.1) is 14.2 Å². The third kappa shape index (κ3) is 6.38. The minimum atomic E-state index is -0.632. The molecule has 0 saturated heterocycles. The minimum absolute atomic E-state index is 0.373. The zero-order valence-electron chi connectivity index (χ0n) is 15.4. The topological polar surface area (TPSA) is 73.9 Å². The number of hydrogen-bond acceptors (Lipinski definition) is 6. The second-order valence-corrected chi connectivity index (χ2v) is 6.21. The fourth-order valence-corrected chi connectivity index (χ4v) is 2.67. The second-order valence-electron chi connectivity index (χ2n) is 5.33. The van der Waals surface area contributed by atoms with Crippen LogP contribution < -0.4 is 14.8 Å². The summed E-state index contributed by atoms with van der Waals surface area (Å²) in [6, 6.07) is 12.6. The molecule has 2 aromatic rings. The third-order valence-electron chi connectivity index (χ3n) is 3.53. The lowest BCUT2D eigenvalue weighted by Crippen LogP contribution is -2.20. The van der Waals surface area contributed by atoms with E-state index in [9.17, 15) is 9.59 Å². The van der Waals surface area contributed by atoms with Crippen LogP contribution in [0, 0.1) is 0 Å². The lowest BCUT2D eigenvalue weighted by Gasteiger charge is -2.07. The first-order chi connectivity index (χ1) is 13.0. The van der Waals surface area contributed by atoms with E-state index in [1.165, 1.54) is 13.2 Å².